The SMILES string of the molecule is CN=C(NCCn1cccc1)NCc1ccccc1OC1CCCC1. The van der Waals surface area contributed by atoms with Gasteiger partial charge in [0, 0.05) is 44.6 Å². The third-order valence-corrected chi connectivity index (χ3v) is 4.57. The van der Waals surface area contributed by atoms with Crippen molar-refractivity contribution in [1.82, 2.24) is 15.2 Å². The van der Waals surface area contributed by atoms with Crippen molar-refractivity contribution in [3.8, 4) is 5.75 Å². The molecule has 0 unspecified atom stereocenters. The first-order valence-corrected chi connectivity index (χ1v) is 9.15. The maximum absolute atomic E-state index is 6.20. The van der Waals surface area contributed by atoms with Crippen molar-refractivity contribution in [2.24, 2.45) is 4.99 Å². The summed E-state index contributed by atoms with van der Waals surface area (Å²) in [6.07, 6.45) is 9.41. The van der Waals surface area contributed by atoms with Gasteiger partial charge in [0.05, 0.1) is 6.10 Å². The molecule has 5 heteroatoms. The lowest BCUT2D eigenvalue weighted by atomic mass is 10.2. The van der Waals surface area contributed by atoms with Crippen LogP contribution in [0.3, 0.4) is 0 Å². The second-order valence-corrected chi connectivity index (χ2v) is 6.41. The van der Waals surface area contributed by atoms with Gasteiger partial charge in [-0.25, -0.2) is 0 Å². The van der Waals surface area contributed by atoms with Gasteiger partial charge in [-0.1, -0.05) is 18.2 Å². The largest absolute Gasteiger partial charge is 0.490 e. The fraction of sp³-hybridized carbons (Fsp3) is 0.450. The Morgan fingerprint density at radius 3 is 2.64 bits per heavy atom. The van der Waals surface area contributed by atoms with Crippen molar-refractivity contribution >= 4 is 5.96 Å². The third kappa shape index (κ3) is 5.28. The van der Waals surface area contributed by atoms with Crippen molar-refractivity contribution in [3.63, 3.8) is 0 Å². The Bertz CT molecular complexity index is 660. The molecule has 0 atom stereocenters. The van der Waals surface area contributed by atoms with Gasteiger partial charge in [-0.15, -0.1) is 0 Å². The van der Waals surface area contributed by atoms with Crippen LogP contribution in [0.2, 0.25) is 0 Å². The highest BCUT2D eigenvalue weighted by atomic mass is 16.5. The number of benzene rings is 1. The maximum atomic E-state index is 6.20. The summed E-state index contributed by atoms with van der Waals surface area (Å²) >= 11 is 0. The monoisotopic (exact) mass is 340 g/mol. The first-order valence-electron chi connectivity index (χ1n) is 9.15. The summed E-state index contributed by atoms with van der Waals surface area (Å²) < 4.78 is 8.34. The van der Waals surface area contributed by atoms with Gasteiger partial charge in [0.1, 0.15) is 5.75 Å². The van der Waals surface area contributed by atoms with Gasteiger partial charge >= 0.3 is 0 Å². The molecule has 1 aromatic carbocycles. The molecule has 1 aliphatic carbocycles. The molecule has 2 aromatic rings. The molecule has 1 heterocycles. The van der Waals surface area contributed by atoms with E-state index in [9.17, 15) is 0 Å². The molecule has 1 saturated carbocycles. The first-order chi connectivity index (χ1) is 12.3. The lowest BCUT2D eigenvalue weighted by molar-refractivity contribution is 0.208. The Kier molecular flexibility index (Phi) is 6.37. The number of nitrogens with zero attached hydrogens (tertiary/aromatic N) is 2. The van der Waals surface area contributed by atoms with Crippen LogP contribution in [0.1, 0.15) is 31.2 Å². The van der Waals surface area contributed by atoms with Crippen LogP contribution in [-0.2, 0) is 13.1 Å². The molecule has 0 amide bonds. The van der Waals surface area contributed by atoms with E-state index in [1.165, 1.54) is 31.2 Å². The highest BCUT2D eigenvalue weighted by molar-refractivity contribution is 5.79. The van der Waals surface area contributed by atoms with E-state index in [1.54, 1.807) is 7.05 Å². The lowest BCUT2D eigenvalue weighted by Gasteiger charge is -2.18. The molecule has 25 heavy (non-hydrogen) atoms. The molecule has 1 aliphatic rings. The molecule has 2 N–H and O–H groups in total. The van der Waals surface area contributed by atoms with Crippen LogP contribution < -0.4 is 15.4 Å². The highest BCUT2D eigenvalue weighted by Gasteiger charge is 2.17. The van der Waals surface area contributed by atoms with Gasteiger partial charge in [0.15, 0.2) is 5.96 Å². The van der Waals surface area contributed by atoms with Gasteiger partial charge in [-0.3, -0.25) is 4.99 Å². The zero-order valence-electron chi connectivity index (χ0n) is 14.9. The van der Waals surface area contributed by atoms with E-state index in [4.69, 9.17) is 4.74 Å². The van der Waals surface area contributed by atoms with E-state index in [0.29, 0.717) is 12.6 Å². The number of hydrogen-bond donors (Lipinski definition) is 2. The summed E-state index contributed by atoms with van der Waals surface area (Å²) in [6, 6.07) is 12.4. The van der Waals surface area contributed by atoms with Crippen LogP contribution in [0.25, 0.3) is 0 Å². The minimum absolute atomic E-state index is 0.375. The zero-order valence-corrected chi connectivity index (χ0v) is 14.9. The fourth-order valence-corrected chi connectivity index (χ4v) is 3.17. The zero-order chi connectivity index (χ0) is 17.3. The average molecular weight is 340 g/mol. The summed E-state index contributed by atoms with van der Waals surface area (Å²) in [6.45, 7) is 2.44. The van der Waals surface area contributed by atoms with Crippen LogP contribution in [0.15, 0.2) is 53.8 Å². The molecule has 134 valence electrons. The molecule has 0 saturated heterocycles. The van der Waals surface area contributed by atoms with Crippen LogP contribution in [0.4, 0.5) is 0 Å². The number of aromatic nitrogens is 1. The molecule has 5 nitrogen and oxygen atoms in total. The Morgan fingerprint density at radius 1 is 1.12 bits per heavy atom. The quantitative estimate of drug-likeness (QED) is 0.601. The highest BCUT2D eigenvalue weighted by Crippen LogP contribution is 2.26. The molecular formula is C20H28N4O. The van der Waals surface area contributed by atoms with Crippen molar-refractivity contribution in [1.29, 1.82) is 0 Å². The average Bonchev–Trinajstić information content (AvgIpc) is 3.33. The number of para-hydroxylation sites is 1. The summed E-state index contributed by atoms with van der Waals surface area (Å²) in [7, 11) is 1.80. The van der Waals surface area contributed by atoms with Crippen molar-refractivity contribution in [2.45, 2.75) is 44.9 Å². The molecule has 0 spiro atoms. The maximum Gasteiger partial charge on any atom is 0.191 e. The molecule has 1 fully saturated rings. The van der Waals surface area contributed by atoms with Crippen LogP contribution in [-0.4, -0.2) is 30.2 Å². The van der Waals surface area contributed by atoms with Crippen LogP contribution in [0, 0.1) is 0 Å². The van der Waals surface area contributed by atoms with Gasteiger partial charge in [-0.2, -0.15) is 0 Å². The topological polar surface area (TPSA) is 50.6 Å². The number of hydrogen-bond acceptors (Lipinski definition) is 2. The minimum Gasteiger partial charge on any atom is -0.490 e. The summed E-state index contributed by atoms with van der Waals surface area (Å²) in [5.41, 5.74) is 1.17. The smallest absolute Gasteiger partial charge is 0.191 e. The number of nitrogens with one attached hydrogen (secondary N) is 2. The Hall–Kier alpha value is -2.43. The normalized spacial score (nSPS) is 15.3. The third-order valence-electron chi connectivity index (χ3n) is 4.57. The number of guanidine groups is 1. The molecule has 3 rings (SSSR count). The minimum atomic E-state index is 0.375. The standard InChI is InChI=1S/C20H28N4O/c1-21-20(22-12-15-24-13-6-7-14-24)23-16-17-8-2-5-11-19(17)25-18-9-3-4-10-18/h2,5-8,11,13-14,18H,3-4,9-10,12,15-16H2,1H3,(H2,21,22,23). The Balaban J connectivity index is 1.49. The van der Waals surface area contributed by atoms with Crippen molar-refractivity contribution in [3.05, 3.63) is 54.4 Å². The molecular weight excluding hydrogens is 312 g/mol. The Morgan fingerprint density at radius 2 is 1.88 bits per heavy atom. The van der Waals surface area contributed by atoms with Crippen LogP contribution >= 0.6 is 0 Å². The molecule has 0 bridgehead atoms. The van der Waals surface area contributed by atoms with Gasteiger partial charge in [0.2, 0.25) is 0 Å². The van der Waals surface area contributed by atoms with E-state index in [2.05, 4.69) is 50.8 Å². The summed E-state index contributed by atoms with van der Waals surface area (Å²) in [5.74, 6) is 1.80. The first kappa shape index (κ1) is 17.4. The predicted molar refractivity (Wildman–Crippen MR) is 102 cm³/mol. The molecule has 0 radical (unpaired) electrons. The molecule has 0 aliphatic heterocycles. The summed E-state index contributed by atoms with van der Waals surface area (Å²) in [4.78, 5) is 4.30. The second kappa shape index (κ2) is 9.16. The number of rotatable bonds is 7. The van der Waals surface area contributed by atoms with Crippen molar-refractivity contribution in [2.75, 3.05) is 13.6 Å². The number of aliphatic imine (C=N–C) groups is 1. The summed E-state index contributed by atoms with van der Waals surface area (Å²) in [5, 5.41) is 6.73. The van der Waals surface area contributed by atoms with Crippen LogP contribution in [0.5, 0.6) is 5.75 Å². The van der Waals surface area contributed by atoms with E-state index in [1.807, 2.05) is 18.2 Å². The van der Waals surface area contributed by atoms with Gasteiger partial charge < -0.3 is 19.9 Å². The van der Waals surface area contributed by atoms with E-state index >= 15 is 0 Å². The van der Waals surface area contributed by atoms with E-state index < -0.39 is 0 Å². The Labute approximate surface area is 150 Å². The molecule has 1 aromatic heterocycles. The fourth-order valence-electron chi connectivity index (χ4n) is 3.17. The van der Waals surface area contributed by atoms with Gasteiger partial charge in [0.25, 0.3) is 0 Å². The van der Waals surface area contributed by atoms with Gasteiger partial charge in [-0.05, 0) is 43.9 Å². The second-order valence-electron chi connectivity index (χ2n) is 6.41. The lowest BCUT2D eigenvalue weighted by Crippen LogP contribution is -2.38. The van der Waals surface area contributed by atoms with E-state index in [0.717, 1.165) is 24.8 Å². The number of ether oxygens (including phenoxy) is 1. The van der Waals surface area contributed by atoms with E-state index in [-0.39, 0.29) is 0 Å². The predicted octanol–water partition coefficient (Wildman–Crippen LogP) is 3.17. The van der Waals surface area contributed by atoms with Crippen molar-refractivity contribution < 1.29 is 4.74 Å².